The zero-order chi connectivity index (χ0) is 8.43. The number of hydrogen-bond acceptors (Lipinski definition) is 3. The molecule has 1 rings (SSSR count). The lowest BCUT2D eigenvalue weighted by molar-refractivity contribution is 0.249. The van der Waals surface area contributed by atoms with Crippen LogP contribution in [0.3, 0.4) is 0 Å². The summed E-state index contributed by atoms with van der Waals surface area (Å²) in [6.07, 6.45) is 2.18. The van der Waals surface area contributed by atoms with Gasteiger partial charge >= 0.3 is 6.03 Å². The fourth-order valence-corrected chi connectivity index (χ4v) is 0.612. The Kier molecular flexibility index (Phi) is 1.72. The Morgan fingerprint density at radius 3 is 2.91 bits per heavy atom. The molecule has 0 unspecified atom stereocenters. The summed E-state index contributed by atoms with van der Waals surface area (Å²) >= 11 is 0. The molecule has 0 spiro atoms. The maximum absolute atomic E-state index is 10.9. The molecule has 0 aliphatic heterocycles. The zero-order valence-corrected chi connectivity index (χ0v) is 5.87. The lowest BCUT2D eigenvalue weighted by Crippen LogP contribution is -2.31. The van der Waals surface area contributed by atoms with E-state index in [0.29, 0.717) is 10.3 Å². The van der Waals surface area contributed by atoms with Gasteiger partial charge < -0.3 is 5.73 Å². The Balaban J connectivity index is 3.32. The molecular formula is C6H6N3O2. The van der Waals surface area contributed by atoms with Crippen molar-refractivity contribution in [3.8, 4) is 0 Å². The molecule has 1 aromatic rings. The van der Waals surface area contributed by atoms with E-state index in [1.54, 1.807) is 6.92 Å². The number of carbonyl (C=O) groups excluding carboxylic acids is 1. The molecule has 0 aliphatic carbocycles. The van der Waals surface area contributed by atoms with Crippen LogP contribution in [0.15, 0.2) is 10.9 Å². The molecule has 5 heteroatoms. The normalized spacial score (nSPS) is 9.55. The highest BCUT2D eigenvalue weighted by Gasteiger charge is 2.01. The second kappa shape index (κ2) is 2.53. The predicted molar refractivity (Wildman–Crippen MR) is 37.1 cm³/mol. The van der Waals surface area contributed by atoms with E-state index in [1.807, 2.05) is 0 Å². The van der Waals surface area contributed by atoms with Crippen LogP contribution >= 0.6 is 0 Å². The van der Waals surface area contributed by atoms with Crippen LogP contribution in [0.25, 0.3) is 0 Å². The molecule has 5 nitrogen and oxygen atoms in total. The van der Waals surface area contributed by atoms with Gasteiger partial charge in [-0.1, -0.05) is 0 Å². The van der Waals surface area contributed by atoms with Crippen LogP contribution in [-0.2, 0) is 0 Å². The Labute approximate surface area is 62.5 Å². The highest BCUT2D eigenvalue weighted by molar-refractivity contribution is 5.73. The van der Waals surface area contributed by atoms with Crippen molar-refractivity contribution in [3.63, 3.8) is 0 Å². The molecule has 0 saturated heterocycles. The van der Waals surface area contributed by atoms with Gasteiger partial charge in [-0.2, -0.15) is 0 Å². The third-order valence-electron chi connectivity index (χ3n) is 1.10. The molecule has 0 aliphatic rings. The van der Waals surface area contributed by atoms with Crippen molar-refractivity contribution in [2.24, 2.45) is 5.73 Å². The first-order valence-electron chi connectivity index (χ1n) is 2.89. The summed E-state index contributed by atoms with van der Waals surface area (Å²) < 4.78 is 0.618. The predicted octanol–water partition coefficient (Wildman–Crippen LogP) is -0.721. The van der Waals surface area contributed by atoms with Crippen molar-refractivity contribution in [1.82, 2.24) is 9.55 Å². The van der Waals surface area contributed by atoms with E-state index in [9.17, 15) is 9.59 Å². The molecule has 11 heavy (non-hydrogen) atoms. The van der Waals surface area contributed by atoms with E-state index in [1.165, 1.54) is 6.07 Å². The number of nitrogens with two attached hydrogens (primary N) is 1. The van der Waals surface area contributed by atoms with Crippen molar-refractivity contribution in [3.05, 3.63) is 28.4 Å². The average Bonchev–Trinajstić information content (AvgIpc) is 1.85. The number of carbonyl (C=O) groups is 1. The number of rotatable bonds is 0. The molecule has 0 atom stereocenters. The monoisotopic (exact) mass is 152 g/mol. The molecule has 57 valence electrons. The minimum atomic E-state index is -0.873. The van der Waals surface area contributed by atoms with E-state index >= 15 is 0 Å². The van der Waals surface area contributed by atoms with Gasteiger partial charge in [0.1, 0.15) is 0 Å². The van der Waals surface area contributed by atoms with Crippen LogP contribution in [0, 0.1) is 13.3 Å². The van der Waals surface area contributed by atoms with Gasteiger partial charge in [0.25, 0.3) is 5.56 Å². The van der Waals surface area contributed by atoms with Crippen LogP contribution < -0.4 is 11.3 Å². The molecule has 1 aromatic heterocycles. The topological polar surface area (TPSA) is 78.0 Å². The van der Waals surface area contributed by atoms with Gasteiger partial charge in [-0.25, -0.2) is 14.3 Å². The minimum absolute atomic E-state index is 0.507. The number of aryl methyl sites for hydroxylation is 1. The largest absolute Gasteiger partial charge is 0.351 e. The van der Waals surface area contributed by atoms with Crippen LogP contribution in [-0.4, -0.2) is 15.6 Å². The summed E-state index contributed by atoms with van der Waals surface area (Å²) in [6.45, 7) is 1.63. The summed E-state index contributed by atoms with van der Waals surface area (Å²) in [5, 5.41) is 0. The molecule has 1 amide bonds. The second-order valence-electron chi connectivity index (χ2n) is 2.01. The van der Waals surface area contributed by atoms with Gasteiger partial charge in [0, 0.05) is 11.8 Å². The molecule has 0 fully saturated rings. The van der Waals surface area contributed by atoms with E-state index in [4.69, 9.17) is 5.73 Å². The summed E-state index contributed by atoms with van der Waals surface area (Å²) in [4.78, 5) is 24.9. The number of nitrogens with zero attached hydrogens (tertiary/aromatic N) is 2. The fourth-order valence-electron chi connectivity index (χ4n) is 0.612. The quantitative estimate of drug-likeness (QED) is 0.532. The van der Waals surface area contributed by atoms with Crippen molar-refractivity contribution in [1.29, 1.82) is 0 Å². The Hall–Kier alpha value is -1.65. The van der Waals surface area contributed by atoms with Gasteiger partial charge in [-0.15, -0.1) is 0 Å². The molecular weight excluding hydrogens is 146 g/mol. The third-order valence-corrected chi connectivity index (χ3v) is 1.10. The Morgan fingerprint density at radius 2 is 2.45 bits per heavy atom. The Bertz CT molecular complexity index is 342. The second-order valence-corrected chi connectivity index (χ2v) is 2.01. The maximum atomic E-state index is 10.9. The van der Waals surface area contributed by atoms with Crippen LogP contribution in [0.5, 0.6) is 0 Å². The van der Waals surface area contributed by atoms with Crippen LogP contribution in [0.1, 0.15) is 5.69 Å². The van der Waals surface area contributed by atoms with E-state index in [0.717, 1.165) is 0 Å². The van der Waals surface area contributed by atoms with Crippen LogP contribution in [0.4, 0.5) is 4.79 Å². The third kappa shape index (κ3) is 1.43. The number of hydrogen-bond donors (Lipinski definition) is 1. The number of primary amides is 1. The SMILES string of the molecule is Cc1cc(=O)n(C(N)=O)[c]n1. The first-order chi connectivity index (χ1) is 5.11. The van der Waals surface area contributed by atoms with Crippen molar-refractivity contribution in [2.45, 2.75) is 6.92 Å². The van der Waals surface area contributed by atoms with E-state index in [-0.39, 0.29) is 0 Å². The molecule has 0 bridgehead atoms. The molecule has 2 N–H and O–H groups in total. The number of amides is 1. The van der Waals surface area contributed by atoms with Crippen molar-refractivity contribution < 1.29 is 4.79 Å². The maximum Gasteiger partial charge on any atom is 0.327 e. The van der Waals surface area contributed by atoms with Crippen molar-refractivity contribution in [2.75, 3.05) is 0 Å². The number of aromatic nitrogens is 2. The molecule has 1 heterocycles. The highest BCUT2D eigenvalue weighted by atomic mass is 16.2. The molecule has 0 saturated carbocycles. The van der Waals surface area contributed by atoms with Gasteiger partial charge in [-0.05, 0) is 6.92 Å². The van der Waals surface area contributed by atoms with Gasteiger partial charge in [0.2, 0.25) is 0 Å². The van der Waals surface area contributed by atoms with Gasteiger partial charge in [0.15, 0.2) is 6.33 Å². The van der Waals surface area contributed by atoms with E-state index < -0.39 is 11.6 Å². The smallest absolute Gasteiger partial charge is 0.327 e. The summed E-state index contributed by atoms with van der Waals surface area (Å²) in [7, 11) is 0. The van der Waals surface area contributed by atoms with E-state index in [2.05, 4.69) is 11.3 Å². The first-order valence-corrected chi connectivity index (χ1v) is 2.89. The van der Waals surface area contributed by atoms with Crippen molar-refractivity contribution >= 4 is 6.03 Å². The van der Waals surface area contributed by atoms with Crippen LogP contribution in [0.2, 0.25) is 0 Å². The Morgan fingerprint density at radius 1 is 1.82 bits per heavy atom. The summed E-state index contributed by atoms with van der Waals surface area (Å²) in [6, 6.07) is 0.337. The minimum Gasteiger partial charge on any atom is -0.351 e. The standard InChI is InChI=1S/C6H6N3O2/c1-4-2-5(10)9(3-8-4)6(7)11/h2H,1H3,(H2,7,11). The average molecular weight is 152 g/mol. The fraction of sp³-hybridized carbons (Fsp3) is 0.167. The first kappa shape index (κ1) is 7.46. The molecule has 0 aromatic carbocycles. The zero-order valence-electron chi connectivity index (χ0n) is 5.87. The highest BCUT2D eigenvalue weighted by Crippen LogP contribution is 1.81. The summed E-state index contributed by atoms with van der Waals surface area (Å²) in [5.41, 5.74) is 4.82. The van der Waals surface area contributed by atoms with Gasteiger partial charge in [-0.3, -0.25) is 4.79 Å². The summed E-state index contributed by atoms with van der Waals surface area (Å²) in [5.74, 6) is 0. The van der Waals surface area contributed by atoms with Gasteiger partial charge in [0.05, 0.1) is 0 Å². The lowest BCUT2D eigenvalue weighted by Gasteiger charge is -1.95. The lowest BCUT2D eigenvalue weighted by atomic mass is 10.4. The molecule has 1 radical (unpaired) electrons.